The van der Waals surface area contributed by atoms with Crippen molar-refractivity contribution >= 4 is 6.03 Å². The quantitative estimate of drug-likeness (QED) is 0.531. The number of urea groups is 1. The summed E-state index contributed by atoms with van der Waals surface area (Å²) in [5, 5.41) is 3.01. The number of fused-ring (bicyclic) bond motifs is 6. The number of hydrogen-bond donors (Lipinski definition) is 1. The summed E-state index contributed by atoms with van der Waals surface area (Å²) in [6, 6.07) is 0.00958. The summed E-state index contributed by atoms with van der Waals surface area (Å²) in [4.78, 5) is 14.9. The van der Waals surface area contributed by atoms with Gasteiger partial charge in [0, 0.05) is 24.8 Å². The fourth-order valence-electron chi connectivity index (χ4n) is 9.44. The van der Waals surface area contributed by atoms with Gasteiger partial charge in [0.2, 0.25) is 0 Å². The van der Waals surface area contributed by atoms with Gasteiger partial charge in [-0.25, -0.2) is 4.79 Å². The molecule has 6 nitrogen and oxygen atoms in total. The second kappa shape index (κ2) is 7.45. The van der Waals surface area contributed by atoms with Crippen LogP contribution in [0.5, 0.6) is 0 Å². The number of nitrogens with zero attached hydrogens (tertiary/aromatic N) is 1. The highest BCUT2D eigenvalue weighted by atomic mass is 16.7. The number of carbonyl (C=O) groups excluding carboxylic acids is 1. The summed E-state index contributed by atoms with van der Waals surface area (Å²) in [6.07, 6.45) is 11.6. The summed E-state index contributed by atoms with van der Waals surface area (Å²) in [6.45, 7) is 14.0. The molecule has 0 radical (unpaired) electrons. The fourth-order valence-corrected chi connectivity index (χ4v) is 9.44. The SMILES string of the molecule is CCNC(=O)N1C[C@]2(CC[C@H]3[C@@H]4CC=C5CC6(CC[C@]5(C)[C@H]4CC[C@@]32C)OCCO6)OC1(C)C. The van der Waals surface area contributed by atoms with Crippen LogP contribution in [-0.4, -0.2) is 54.3 Å². The molecule has 1 N–H and O–H groups in total. The lowest BCUT2D eigenvalue weighted by molar-refractivity contribution is -0.193. The van der Waals surface area contributed by atoms with Gasteiger partial charge in [-0.3, -0.25) is 4.90 Å². The molecule has 6 heteroatoms. The Labute approximate surface area is 205 Å². The summed E-state index contributed by atoms with van der Waals surface area (Å²) in [5.41, 5.74) is 1.17. The molecular weight excluding hydrogens is 428 g/mol. The first-order valence-electron chi connectivity index (χ1n) is 13.8. The van der Waals surface area contributed by atoms with E-state index in [4.69, 9.17) is 14.2 Å². The minimum absolute atomic E-state index is 0.00958. The second-order valence-corrected chi connectivity index (χ2v) is 13.0. The average molecular weight is 473 g/mol. The van der Waals surface area contributed by atoms with Crippen molar-refractivity contribution in [2.24, 2.45) is 28.6 Å². The van der Waals surface area contributed by atoms with Crippen LogP contribution < -0.4 is 5.32 Å². The van der Waals surface area contributed by atoms with Crippen LogP contribution in [0.3, 0.4) is 0 Å². The summed E-state index contributed by atoms with van der Waals surface area (Å²) in [7, 11) is 0. The highest BCUT2D eigenvalue weighted by Gasteiger charge is 2.69. The van der Waals surface area contributed by atoms with E-state index in [1.165, 1.54) is 32.1 Å². The normalized spacial score (nSPS) is 46.2. The molecule has 0 aromatic heterocycles. The van der Waals surface area contributed by atoms with E-state index in [1.807, 2.05) is 11.8 Å². The molecule has 2 spiro atoms. The van der Waals surface area contributed by atoms with Gasteiger partial charge >= 0.3 is 6.03 Å². The maximum Gasteiger partial charge on any atom is 0.319 e. The van der Waals surface area contributed by atoms with Gasteiger partial charge in [-0.05, 0) is 82.5 Å². The number of nitrogens with one attached hydrogen (secondary N) is 1. The van der Waals surface area contributed by atoms with Crippen molar-refractivity contribution < 1.29 is 19.0 Å². The molecule has 2 heterocycles. The van der Waals surface area contributed by atoms with Crippen LogP contribution in [0.4, 0.5) is 4.79 Å². The average Bonchev–Trinajstić information content (AvgIpc) is 3.44. The van der Waals surface area contributed by atoms with Gasteiger partial charge in [0.05, 0.1) is 25.4 Å². The zero-order valence-electron chi connectivity index (χ0n) is 21.9. The molecule has 3 saturated carbocycles. The molecule has 6 rings (SSSR count). The van der Waals surface area contributed by atoms with E-state index in [1.54, 1.807) is 5.57 Å². The zero-order chi connectivity index (χ0) is 24.0. The van der Waals surface area contributed by atoms with Crippen LogP contribution in [0.1, 0.15) is 86.0 Å². The summed E-state index contributed by atoms with van der Waals surface area (Å²) >= 11 is 0. The molecule has 0 aromatic carbocycles. The molecule has 190 valence electrons. The van der Waals surface area contributed by atoms with Crippen LogP contribution in [0.2, 0.25) is 0 Å². The van der Waals surface area contributed by atoms with E-state index in [9.17, 15) is 4.79 Å². The van der Waals surface area contributed by atoms with E-state index < -0.39 is 5.72 Å². The fraction of sp³-hybridized carbons (Fsp3) is 0.893. The molecule has 2 aliphatic heterocycles. The summed E-state index contributed by atoms with van der Waals surface area (Å²) in [5.74, 6) is 1.75. The van der Waals surface area contributed by atoms with Crippen molar-refractivity contribution in [3.63, 3.8) is 0 Å². The molecule has 0 aromatic rings. The molecule has 0 unspecified atom stereocenters. The van der Waals surface area contributed by atoms with Crippen LogP contribution in [0, 0.1) is 28.6 Å². The Balaban J connectivity index is 1.27. The van der Waals surface area contributed by atoms with Crippen molar-refractivity contribution in [3.8, 4) is 0 Å². The highest BCUT2D eigenvalue weighted by molar-refractivity contribution is 5.75. The molecule has 5 fully saturated rings. The molecule has 2 saturated heterocycles. The Morgan fingerprint density at radius 1 is 1.06 bits per heavy atom. The smallest absolute Gasteiger partial charge is 0.319 e. The number of rotatable bonds is 1. The van der Waals surface area contributed by atoms with Crippen LogP contribution in [-0.2, 0) is 14.2 Å². The van der Waals surface area contributed by atoms with Crippen LogP contribution >= 0.6 is 0 Å². The van der Waals surface area contributed by atoms with Gasteiger partial charge in [-0.1, -0.05) is 25.5 Å². The minimum Gasteiger partial charge on any atom is -0.347 e. The van der Waals surface area contributed by atoms with Crippen molar-refractivity contribution in [1.29, 1.82) is 0 Å². The van der Waals surface area contributed by atoms with E-state index in [0.717, 1.165) is 38.4 Å². The van der Waals surface area contributed by atoms with Crippen LogP contribution in [0.15, 0.2) is 11.6 Å². The predicted molar refractivity (Wildman–Crippen MR) is 130 cm³/mol. The maximum atomic E-state index is 12.9. The lowest BCUT2D eigenvalue weighted by Crippen LogP contribution is -2.56. The van der Waals surface area contributed by atoms with Gasteiger partial charge in [0.1, 0.15) is 5.72 Å². The van der Waals surface area contributed by atoms with Crippen molar-refractivity contribution in [2.45, 2.75) is 103 Å². The van der Waals surface area contributed by atoms with Crippen molar-refractivity contribution in [2.75, 3.05) is 26.3 Å². The first kappa shape index (κ1) is 23.3. The maximum absolute atomic E-state index is 12.9. The van der Waals surface area contributed by atoms with E-state index in [0.29, 0.717) is 24.9 Å². The Morgan fingerprint density at radius 2 is 1.79 bits per heavy atom. The lowest BCUT2D eigenvalue weighted by Gasteiger charge is -2.59. The van der Waals surface area contributed by atoms with E-state index in [2.05, 4.69) is 39.1 Å². The number of amides is 2. The van der Waals surface area contributed by atoms with E-state index >= 15 is 0 Å². The van der Waals surface area contributed by atoms with Gasteiger partial charge < -0.3 is 19.5 Å². The molecule has 4 aliphatic carbocycles. The zero-order valence-corrected chi connectivity index (χ0v) is 21.9. The molecule has 0 bridgehead atoms. The van der Waals surface area contributed by atoms with Gasteiger partial charge in [-0.2, -0.15) is 0 Å². The van der Waals surface area contributed by atoms with Crippen LogP contribution in [0.25, 0.3) is 0 Å². The van der Waals surface area contributed by atoms with Crippen molar-refractivity contribution in [1.82, 2.24) is 10.2 Å². The van der Waals surface area contributed by atoms with E-state index in [-0.39, 0.29) is 28.2 Å². The monoisotopic (exact) mass is 472 g/mol. The Morgan fingerprint density at radius 3 is 2.53 bits per heavy atom. The first-order chi connectivity index (χ1) is 16.1. The first-order valence-corrected chi connectivity index (χ1v) is 13.8. The number of ether oxygens (including phenoxy) is 3. The summed E-state index contributed by atoms with van der Waals surface area (Å²) < 4.78 is 19.2. The van der Waals surface area contributed by atoms with Crippen molar-refractivity contribution in [3.05, 3.63) is 11.6 Å². The Kier molecular flexibility index (Phi) is 5.11. The molecule has 2 amide bonds. The largest absolute Gasteiger partial charge is 0.347 e. The Bertz CT molecular complexity index is 895. The molecular formula is C28H44N2O4. The third-order valence-electron chi connectivity index (χ3n) is 11.3. The predicted octanol–water partition coefficient (Wildman–Crippen LogP) is 5.23. The highest BCUT2D eigenvalue weighted by Crippen LogP contribution is 2.70. The van der Waals surface area contributed by atoms with Gasteiger partial charge in [-0.15, -0.1) is 0 Å². The number of allylic oxidation sites excluding steroid dienone is 1. The third-order valence-corrected chi connectivity index (χ3v) is 11.3. The number of carbonyl (C=O) groups is 1. The second-order valence-electron chi connectivity index (χ2n) is 13.0. The lowest BCUT2D eigenvalue weighted by atomic mass is 9.46. The third kappa shape index (κ3) is 3.00. The topological polar surface area (TPSA) is 60.0 Å². The molecule has 6 atom stereocenters. The standard InChI is InChI=1S/C28H44N2O4/c1-6-29-23(31)30-18-27(34-24(30,2)3)12-10-22-20-8-7-19-17-28(32-15-16-33-28)14-13-25(19,4)21(20)9-11-26(22,27)5/h7,20-22H,6,8-18H2,1-5H3,(H,29,31)/t20-,21+,22+,25+,26+,27+/m1/s1. The minimum atomic E-state index is -0.571. The number of hydrogen-bond acceptors (Lipinski definition) is 4. The Hall–Kier alpha value is -1.11. The molecule has 34 heavy (non-hydrogen) atoms. The van der Waals surface area contributed by atoms with Gasteiger partial charge in [0.15, 0.2) is 5.79 Å². The van der Waals surface area contributed by atoms with Gasteiger partial charge in [0.25, 0.3) is 0 Å². The molecule has 6 aliphatic rings.